The molecule has 1 heterocycles. The van der Waals surface area contributed by atoms with Gasteiger partial charge >= 0.3 is 0 Å². The predicted molar refractivity (Wildman–Crippen MR) is 50.3 cm³/mol. The fraction of sp³-hybridized carbons (Fsp3) is 0.364. The Bertz CT molecular complexity index is 323. The van der Waals surface area contributed by atoms with Crippen molar-refractivity contribution in [1.82, 2.24) is 5.32 Å². The van der Waals surface area contributed by atoms with Crippen LogP contribution in [0.4, 0.5) is 0 Å². The molecular weight excluding hydrogens is 178 g/mol. The SMILES string of the molecule is O=C([O-])C1CCC(c2ccccc2)N1. The summed E-state index contributed by atoms with van der Waals surface area (Å²) in [5.41, 5.74) is 1.15. The van der Waals surface area contributed by atoms with Gasteiger partial charge in [0.1, 0.15) is 0 Å². The van der Waals surface area contributed by atoms with Gasteiger partial charge in [-0.2, -0.15) is 0 Å². The number of aliphatic carboxylic acids is 1. The zero-order valence-electron chi connectivity index (χ0n) is 7.77. The van der Waals surface area contributed by atoms with E-state index in [0.29, 0.717) is 6.42 Å². The number of carbonyl (C=O) groups excluding carboxylic acids is 1. The van der Waals surface area contributed by atoms with Crippen LogP contribution in [0.2, 0.25) is 0 Å². The summed E-state index contributed by atoms with van der Waals surface area (Å²) in [6.45, 7) is 0. The maximum Gasteiger partial charge on any atom is 0.0584 e. The third-order valence-electron chi connectivity index (χ3n) is 2.63. The minimum atomic E-state index is -0.997. The molecule has 0 aromatic heterocycles. The highest BCUT2D eigenvalue weighted by atomic mass is 16.4. The number of carboxylic acids is 1. The highest BCUT2D eigenvalue weighted by Gasteiger charge is 2.24. The second kappa shape index (κ2) is 3.80. The van der Waals surface area contributed by atoms with Crippen molar-refractivity contribution in [3.63, 3.8) is 0 Å². The first-order valence-electron chi connectivity index (χ1n) is 4.79. The number of carboxylic acid groups (broad SMARTS) is 1. The van der Waals surface area contributed by atoms with Crippen LogP contribution in [-0.4, -0.2) is 12.0 Å². The maximum absolute atomic E-state index is 10.6. The van der Waals surface area contributed by atoms with Crippen molar-refractivity contribution < 1.29 is 9.90 Å². The molecule has 1 aliphatic rings. The van der Waals surface area contributed by atoms with Gasteiger partial charge in [-0.1, -0.05) is 30.3 Å². The second-order valence-corrected chi connectivity index (χ2v) is 3.58. The van der Waals surface area contributed by atoms with Crippen molar-refractivity contribution >= 4 is 5.97 Å². The molecule has 0 radical (unpaired) electrons. The van der Waals surface area contributed by atoms with Crippen LogP contribution in [0, 0.1) is 0 Å². The summed E-state index contributed by atoms with van der Waals surface area (Å²) >= 11 is 0. The summed E-state index contributed by atoms with van der Waals surface area (Å²) < 4.78 is 0. The molecule has 2 atom stereocenters. The lowest BCUT2D eigenvalue weighted by molar-refractivity contribution is -0.308. The second-order valence-electron chi connectivity index (χ2n) is 3.58. The van der Waals surface area contributed by atoms with Gasteiger partial charge in [-0.25, -0.2) is 0 Å². The van der Waals surface area contributed by atoms with Gasteiger partial charge in [0.2, 0.25) is 0 Å². The number of benzene rings is 1. The number of hydrogen-bond acceptors (Lipinski definition) is 3. The molecule has 0 saturated carbocycles. The molecule has 3 nitrogen and oxygen atoms in total. The summed E-state index contributed by atoms with van der Waals surface area (Å²) in [6, 6.07) is 9.57. The summed E-state index contributed by atoms with van der Waals surface area (Å²) in [4.78, 5) is 10.6. The van der Waals surface area contributed by atoms with E-state index < -0.39 is 12.0 Å². The molecular formula is C11H12NO2-. The van der Waals surface area contributed by atoms with Crippen molar-refractivity contribution in [1.29, 1.82) is 0 Å². The predicted octanol–water partition coefficient (Wildman–Crippen LogP) is 0.230. The Hall–Kier alpha value is -1.35. The summed E-state index contributed by atoms with van der Waals surface area (Å²) in [5, 5.41) is 13.6. The Labute approximate surface area is 82.8 Å². The van der Waals surface area contributed by atoms with Crippen molar-refractivity contribution in [3.8, 4) is 0 Å². The third kappa shape index (κ3) is 1.77. The molecule has 3 heteroatoms. The quantitative estimate of drug-likeness (QED) is 0.726. The first-order chi connectivity index (χ1) is 6.77. The molecule has 1 fully saturated rings. The monoisotopic (exact) mass is 190 g/mol. The van der Waals surface area contributed by atoms with Gasteiger partial charge in [0.05, 0.1) is 5.97 Å². The first kappa shape index (κ1) is 9.21. The van der Waals surface area contributed by atoms with E-state index in [1.54, 1.807) is 0 Å². The molecule has 1 aromatic carbocycles. The Morgan fingerprint density at radius 3 is 2.57 bits per heavy atom. The van der Waals surface area contributed by atoms with Crippen molar-refractivity contribution in [3.05, 3.63) is 35.9 Å². The van der Waals surface area contributed by atoms with Gasteiger partial charge in [-0.15, -0.1) is 0 Å². The Morgan fingerprint density at radius 2 is 2.00 bits per heavy atom. The number of hydrogen-bond donors (Lipinski definition) is 1. The smallest absolute Gasteiger partial charge is 0.0584 e. The number of nitrogens with one attached hydrogen (secondary N) is 1. The normalized spacial score (nSPS) is 26.3. The summed E-state index contributed by atoms with van der Waals surface area (Å²) in [7, 11) is 0. The highest BCUT2D eigenvalue weighted by Crippen LogP contribution is 2.25. The Balaban J connectivity index is 2.06. The molecule has 14 heavy (non-hydrogen) atoms. The van der Waals surface area contributed by atoms with E-state index in [4.69, 9.17) is 0 Å². The van der Waals surface area contributed by atoms with Gasteiger partial charge in [-0.3, -0.25) is 0 Å². The fourth-order valence-electron chi connectivity index (χ4n) is 1.88. The lowest BCUT2D eigenvalue weighted by Crippen LogP contribution is -2.42. The van der Waals surface area contributed by atoms with E-state index in [2.05, 4.69) is 5.32 Å². The van der Waals surface area contributed by atoms with E-state index in [9.17, 15) is 9.90 Å². The Morgan fingerprint density at radius 1 is 1.29 bits per heavy atom. The minimum Gasteiger partial charge on any atom is -0.548 e. The van der Waals surface area contributed by atoms with Gasteiger partial charge in [0, 0.05) is 12.1 Å². The van der Waals surface area contributed by atoms with Gasteiger partial charge in [0.15, 0.2) is 0 Å². The van der Waals surface area contributed by atoms with E-state index in [0.717, 1.165) is 12.0 Å². The van der Waals surface area contributed by atoms with Crippen molar-refractivity contribution in [2.75, 3.05) is 0 Å². The molecule has 2 rings (SSSR count). The largest absolute Gasteiger partial charge is 0.548 e. The average molecular weight is 190 g/mol. The average Bonchev–Trinajstić information content (AvgIpc) is 2.68. The van der Waals surface area contributed by atoms with E-state index in [1.165, 1.54) is 0 Å². The molecule has 1 saturated heterocycles. The van der Waals surface area contributed by atoms with Crippen LogP contribution < -0.4 is 10.4 Å². The maximum atomic E-state index is 10.6. The van der Waals surface area contributed by atoms with Crippen molar-refractivity contribution in [2.24, 2.45) is 0 Å². The standard InChI is InChI=1S/C11H13NO2/c13-11(14)10-7-6-9(12-10)8-4-2-1-3-5-8/h1-5,9-10,12H,6-7H2,(H,13,14)/p-1. The van der Waals surface area contributed by atoms with E-state index >= 15 is 0 Å². The van der Waals surface area contributed by atoms with Crippen LogP contribution >= 0.6 is 0 Å². The molecule has 1 aliphatic heterocycles. The summed E-state index contributed by atoms with van der Waals surface area (Å²) in [6.07, 6.45) is 1.52. The third-order valence-corrected chi connectivity index (χ3v) is 2.63. The van der Waals surface area contributed by atoms with Crippen LogP contribution in [0.1, 0.15) is 24.4 Å². The first-order valence-corrected chi connectivity index (χ1v) is 4.79. The zero-order valence-corrected chi connectivity index (χ0v) is 7.77. The molecule has 1 N–H and O–H groups in total. The van der Waals surface area contributed by atoms with Crippen LogP contribution in [0.15, 0.2) is 30.3 Å². The Kier molecular flexibility index (Phi) is 2.50. The van der Waals surface area contributed by atoms with Gasteiger partial charge in [-0.05, 0) is 18.4 Å². The summed E-state index contributed by atoms with van der Waals surface area (Å²) in [5.74, 6) is -0.997. The molecule has 0 bridgehead atoms. The molecule has 0 amide bonds. The van der Waals surface area contributed by atoms with Gasteiger partial charge in [0.25, 0.3) is 0 Å². The molecule has 0 spiro atoms. The molecule has 0 aliphatic carbocycles. The van der Waals surface area contributed by atoms with E-state index in [1.807, 2.05) is 30.3 Å². The topological polar surface area (TPSA) is 52.2 Å². The number of rotatable bonds is 2. The fourth-order valence-corrected chi connectivity index (χ4v) is 1.88. The zero-order chi connectivity index (χ0) is 9.97. The van der Waals surface area contributed by atoms with Crippen LogP contribution in [0.5, 0.6) is 0 Å². The van der Waals surface area contributed by atoms with Crippen LogP contribution in [-0.2, 0) is 4.79 Å². The van der Waals surface area contributed by atoms with Crippen LogP contribution in [0.3, 0.4) is 0 Å². The highest BCUT2D eigenvalue weighted by molar-refractivity contribution is 5.71. The number of carbonyl (C=O) groups is 1. The lowest BCUT2D eigenvalue weighted by Gasteiger charge is -2.15. The molecule has 1 aromatic rings. The van der Waals surface area contributed by atoms with Gasteiger partial charge < -0.3 is 15.2 Å². The lowest BCUT2D eigenvalue weighted by atomic mass is 10.1. The molecule has 2 unspecified atom stereocenters. The van der Waals surface area contributed by atoms with Crippen molar-refractivity contribution in [2.45, 2.75) is 24.9 Å². The van der Waals surface area contributed by atoms with E-state index in [-0.39, 0.29) is 6.04 Å². The minimum absolute atomic E-state index is 0.166. The van der Waals surface area contributed by atoms with Crippen LogP contribution in [0.25, 0.3) is 0 Å². The molecule has 74 valence electrons.